The molecule has 7 nitrogen and oxygen atoms in total. The van der Waals surface area contributed by atoms with Crippen molar-refractivity contribution in [3.05, 3.63) is 11.6 Å². The third-order valence-corrected chi connectivity index (χ3v) is 9.95. The molecule has 2 fully saturated rings. The Kier molecular flexibility index (Phi) is 4.49. The standard InChI is InChI=1S/C17H29N3O4Si/c1-11-7-13-8-19(14(11)15(21)18-12-9-23-10-12)16(22)20(13)24-25(5,6)17(2,3)4/h7,12-14H,8-10H2,1-6H3,(H,18,21)/t13-,14-/m1/s1. The van der Waals surface area contributed by atoms with Gasteiger partial charge in [0.15, 0.2) is 0 Å². The van der Waals surface area contributed by atoms with Gasteiger partial charge in [-0.2, -0.15) is 0 Å². The molecule has 0 spiro atoms. The van der Waals surface area contributed by atoms with Crippen LogP contribution in [-0.2, 0) is 14.1 Å². The van der Waals surface area contributed by atoms with Gasteiger partial charge in [0.05, 0.1) is 31.8 Å². The first-order valence-corrected chi connectivity index (χ1v) is 11.8. The van der Waals surface area contributed by atoms with Gasteiger partial charge in [-0.1, -0.05) is 26.8 Å². The van der Waals surface area contributed by atoms with E-state index in [2.05, 4.69) is 39.2 Å². The number of carbonyl (C=O) groups is 2. The van der Waals surface area contributed by atoms with Crippen molar-refractivity contribution >= 4 is 20.3 Å². The highest BCUT2D eigenvalue weighted by atomic mass is 28.4. The van der Waals surface area contributed by atoms with Crippen molar-refractivity contribution in [2.75, 3.05) is 19.8 Å². The van der Waals surface area contributed by atoms with Gasteiger partial charge in [-0.25, -0.2) is 9.86 Å². The van der Waals surface area contributed by atoms with E-state index < -0.39 is 14.4 Å². The fourth-order valence-corrected chi connectivity index (χ4v) is 4.02. The fraction of sp³-hybridized carbons (Fsp3) is 0.765. The monoisotopic (exact) mass is 367 g/mol. The van der Waals surface area contributed by atoms with Crippen molar-refractivity contribution in [2.45, 2.75) is 64.0 Å². The van der Waals surface area contributed by atoms with Crippen LogP contribution in [0.2, 0.25) is 18.1 Å². The van der Waals surface area contributed by atoms with E-state index in [0.29, 0.717) is 19.8 Å². The van der Waals surface area contributed by atoms with Gasteiger partial charge in [-0.15, -0.1) is 0 Å². The molecule has 25 heavy (non-hydrogen) atoms. The second-order valence-corrected chi connectivity index (χ2v) is 13.4. The van der Waals surface area contributed by atoms with Crippen LogP contribution in [0, 0.1) is 0 Å². The topological polar surface area (TPSA) is 71.1 Å². The van der Waals surface area contributed by atoms with Crippen LogP contribution in [0.25, 0.3) is 0 Å². The number of hydrogen-bond donors (Lipinski definition) is 1. The van der Waals surface area contributed by atoms with Crippen LogP contribution < -0.4 is 5.32 Å². The lowest BCUT2D eigenvalue weighted by Gasteiger charge is -2.39. The van der Waals surface area contributed by atoms with Crippen LogP contribution in [0.3, 0.4) is 0 Å². The zero-order valence-electron chi connectivity index (χ0n) is 16.0. The summed E-state index contributed by atoms with van der Waals surface area (Å²) in [5.41, 5.74) is 0.892. The van der Waals surface area contributed by atoms with Crippen LogP contribution in [0.4, 0.5) is 4.79 Å². The van der Waals surface area contributed by atoms with Crippen molar-refractivity contribution in [2.24, 2.45) is 0 Å². The van der Waals surface area contributed by atoms with Gasteiger partial charge >= 0.3 is 6.03 Å². The number of nitrogens with one attached hydrogen (secondary N) is 1. The van der Waals surface area contributed by atoms with Crippen molar-refractivity contribution < 1.29 is 18.9 Å². The molecule has 0 aromatic carbocycles. The van der Waals surface area contributed by atoms with Crippen molar-refractivity contribution in [1.29, 1.82) is 0 Å². The molecule has 3 amide bonds. The predicted octanol–water partition coefficient (Wildman–Crippen LogP) is 1.87. The summed E-state index contributed by atoms with van der Waals surface area (Å²) in [7, 11) is -2.13. The molecule has 2 atom stereocenters. The fourth-order valence-electron chi connectivity index (χ4n) is 3.04. The average Bonchev–Trinajstić information content (AvgIpc) is 2.67. The van der Waals surface area contributed by atoms with E-state index in [0.717, 1.165) is 5.57 Å². The summed E-state index contributed by atoms with van der Waals surface area (Å²) in [4.78, 5) is 27.2. The summed E-state index contributed by atoms with van der Waals surface area (Å²) < 4.78 is 11.4. The summed E-state index contributed by atoms with van der Waals surface area (Å²) in [6.07, 6.45) is 2.00. The summed E-state index contributed by atoms with van der Waals surface area (Å²) in [5.74, 6) is -0.136. The lowest BCUT2D eigenvalue weighted by molar-refractivity contribution is -0.128. The maximum atomic E-state index is 12.9. The first kappa shape index (κ1) is 18.4. The van der Waals surface area contributed by atoms with Gasteiger partial charge in [0, 0.05) is 0 Å². The van der Waals surface area contributed by atoms with Gasteiger partial charge in [0.2, 0.25) is 14.2 Å². The molecule has 0 saturated carbocycles. The third-order valence-electron chi connectivity index (χ3n) is 5.68. The zero-order valence-corrected chi connectivity index (χ0v) is 17.0. The maximum Gasteiger partial charge on any atom is 0.344 e. The molecule has 0 aliphatic carbocycles. The number of rotatable bonds is 4. The smallest absolute Gasteiger partial charge is 0.344 e. The van der Waals surface area contributed by atoms with Crippen LogP contribution in [-0.4, -0.2) is 68.1 Å². The van der Waals surface area contributed by atoms with Crippen LogP contribution in [0.5, 0.6) is 0 Å². The van der Waals surface area contributed by atoms with E-state index in [1.54, 1.807) is 4.90 Å². The van der Waals surface area contributed by atoms with Crippen molar-refractivity contribution in [3.8, 4) is 0 Å². The normalized spacial score (nSPS) is 27.3. The minimum atomic E-state index is -2.13. The zero-order chi connectivity index (χ0) is 18.6. The van der Waals surface area contributed by atoms with E-state index in [1.165, 1.54) is 5.06 Å². The molecule has 3 heterocycles. The summed E-state index contributed by atoms with van der Waals surface area (Å²) in [6, 6.07) is -0.849. The van der Waals surface area contributed by atoms with E-state index in [4.69, 9.17) is 9.26 Å². The molecule has 0 aromatic rings. The number of nitrogens with zero attached hydrogens (tertiary/aromatic N) is 2. The SMILES string of the molecule is CC1=C[C@@H]2CN(C(=O)N2O[Si](C)(C)C(C)(C)C)[C@H]1C(=O)NC1COC1. The van der Waals surface area contributed by atoms with E-state index in [-0.39, 0.29) is 29.1 Å². The first-order chi connectivity index (χ1) is 11.5. The first-order valence-electron chi connectivity index (χ1n) is 8.86. The quantitative estimate of drug-likeness (QED) is 0.608. The maximum absolute atomic E-state index is 12.9. The lowest BCUT2D eigenvalue weighted by atomic mass is 9.99. The summed E-state index contributed by atoms with van der Waals surface area (Å²) >= 11 is 0. The molecule has 1 N–H and O–H groups in total. The number of urea groups is 1. The predicted molar refractivity (Wildman–Crippen MR) is 96.3 cm³/mol. The average molecular weight is 368 g/mol. The molecule has 0 aromatic heterocycles. The van der Waals surface area contributed by atoms with Gasteiger partial charge in [0.1, 0.15) is 6.04 Å². The van der Waals surface area contributed by atoms with Gasteiger partial charge in [-0.05, 0) is 30.6 Å². The number of fused-ring (bicyclic) bond motifs is 2. The minimum Gasteiger partial charge on any atom is -0.377 e. The number of hydrogen-bond acceptors (Lipinski definition) is 4. The Bertz CT molecular complexity index is 610. The molecule has 0 unspecified atom stereocenters. The minimum absolute atomic E-state index is 0.000930. The highest BCUT2D eigenvalue weighted by molar-refractivity contribution is 6.74. The lowest BCUT2D eigenvalue weighted by Crippen LogP contribution is -2.56. The largest absolute Gasteiger partial charge is 0.377 e. The number of ether oxygens (including phenoxy) is 1. The molecule has 3 rings (SSSR count). The molecule has 3 aliphatic heterocycles. The Balaban J connectivity index is 1.76. The molecular weight excluding hydrogens is 338 g/mol. The van der Waals surface area contributed by atoms with E-state index in [1.807, 2.05) is 13.0 Å². The Morgan fingerprint density at radius 2 is 2.00 bits per heavy atom. The van der Waals surface area contributed by atoms with Crippen LogP contribution >= 0.6 is 0 Å². The van der Waals surface area contributed by atoms with Gasteiger partial charge < -0.3 is 19.5 Å². The molecule has 0 radical (unpaired) electrons. The number of hydroxylamine groups is 2. The molecule has 3 aliphatic rings. The van der Waals surface area contributed by atoms with Gasteiger partial charge in [0.25, 0.3) is 0 Å². The van der Waals surface area contributed by atoms with E-state index in [9.17, 15) is 9.59 Å². The molecule has 2 saturated heterocycles. The Hall–Kier alpha value is -1.38. The summed E-state index contributed by atoms with van der Waals surface area (Å²) in [5, 5.41) is 4.46. The number of amides is 3. The second kappa shape index (κ2) is 6.10. The van der Waals surface area contributed by atoms with Crippen LogP contribution in [0.1, 0.15) is 27.7 Å². The third kappa shape index (κ3) is 3.22. The second-order valence-electron chi connectivity index (χ2n) is 8.74. The van der Waals surface area contributed by atoms with Gasteiger partial charge in [-0.3, -0.25) is 4.79 Å². The molecule has 8 heteroatoms. The van der Waals surface area contributed by atoms with Crippen molar-refractivity contribution in [1.82, 2.24) is 15.3 Å². The highest BCUT2D eigenvalue weighted by Gasteiger charge is 2.51. The number of carbonyl (C=O) groups excluding carboxylic acids is 2. The molecular formula is C17H29N3O4Si. The highest BCUT2D eigenvalue weighted by Crippen LogP contribution is 2.39. The van der Waals surface area contributed by atoms with Crippen molar-refractivity contribution in [3.63, 3.8) is 0 Å². The Morgan fingerprint density at radius 1 is 1.36 bits per heavy atom. The molecule has 140 valence electrons. The Morgan fingerprint density at radius 3 is 2.52 bits per heavy atom. The Labute approximate surface area is 150 Å². The summed E-state index contributed by atoms with van der Waals surface area (Å²) in [6.45, 7) is 14.1. The molecule has 2 bridgehead atoms. The van der Waals surface area contributed by atoms with E-state index >= 15 is 0 Å². The van der Waals surface area contributed by atoms with Crippen LogP contribution in [0.15, 0.2) is 11.6 Å².